The molecule has 0 bridgehead atoms. The van der Waals surface area contributed by atoms with Crippen LogP contribution in [-0.4, -0.2) is 24.7 Å². The molecule has 0 aliphatic carbocycles. The number of hydrogen-bond donors (Lipinski definition) is 1. The van der Waals surface area contributed by atoms with Crippen LogP contribution in [0.25, 0.3) is 0 Å². The lowest BCUT2D eigenvalue weighted by molar-refractivity contribution is 0.253. The number of ether oxygens (including phenoxy) is 1. The summed E-state index contributed by atoms with van der Waals surface area (Å²) in [5.74, 6) is 0.795. The van der Waals surface area contributed by atoms with E-state index >= 15 is 0 Å². The highest BCUT2D eigenvalue weighted by atomic mass is 32.1. The van der Waals surface area contributed by atoms with Crippen LogP contribution in [0.2, 0.25) is 0 Å². The zero-order valence-corrected chi connectivity index (χ0v) is 9.05. The average Bonchev–Trinajstić information content (AvgIpc) is 2.72. The normalized spacial score (nSPS) is 22.1. The van der Waals surface area contributed by atoms with Gasteiger partial charge in [0.2, 0.25) is 0 Å². The SMILES string of the molecule is c1csc(OCCC2CCCNC2)n1. The highest BCUT2D eigenvalue weighted by molar-refractivity contribution is 7.11. The van der Waals surface area contributed by atoms with Crippen LogP contribution in [0, 0.1) is 5.92 Å². The first-order valence-corrected chi connectivity index (χ1v) is 6.06. The molecule has 0 aromatic carbocycles. The van der Waals surface area contributed by atoms with Crippen LogP contribution in [-0.2, 0) is 0 Å². The van der Waals surface area contributed by atoms with Crippen molar-refractivity contribution in [2.24, 2.45) is 5.92 Å². The zero-order valence-electron chi connectivity index (χ0n) is 8.24. The van der Waals surface area contributed by atoms with Gasteiger partial charge in [-0.1, -0.05) is 11.3 Å². The number of piperidine rings is 1. The smallest absolute Gasteiger partial charge is 0.273 e. The molecular weight excluding hydrogens is 196 g/mol. The van der Waals surface area contributed by atoms with Crippen LogP contribution in [0.3, 0.4) is 0 Å². The quantitative estimate of drug-likeness (QED) is 0.828. The van der Waals surface area contributed by atoms with E-state index in [0.29, 0.717) is 0 Å². The summed E-state index contributed by atoms with van der Waals surface area (Å²) in [6.45, 7) is 3.14. The second-order valence-corrected chi connectivity index (χ2v) is 4.50. The Kier molecular flexibility index (Phi) is 3.77. The molecule has 14 heavy (non-hydrogen) atoms. The molecule has 1 aliphatic heterocycles. The van der Waals surface area contributed by atoms with Crippen molar-refractivity contribution in [3.05, 3.63) is 11.6 Å². The molecular formula is C10H16N2OS. The predicted octanol–water partition coefficient (Wildman–Crippen LogP) is 1.91. The lowest BCUT2D eigenvalue weighted by atomic mass is 9.97. The average molecular weight is 212 g/mol. The lowest BCUT2D eigenvalue weighted by Crippen LogP contribution is -2.30. The second-order valence-electron chi connectivity index (χ2n) is 3.65. The summed E-state index contributed by atoms with van der Waals surface area (Å²) in [6, 6.07) is 0. The van der Waals surface area contributed by atoms with Crippen LogP contribution < -0.4 is 10.1 Å². The van der Waals surface area contributed by atoms with Crippen molar-refractivity contribution in [3.63, 3.8) is 0 Å². The molecule has 0 radical (unpaired) electrons. The van der Waals surface area contributed by atoms with E-state index in [4.69, 9.17) is 4.74 Å². The summed E-state index contributed by atoms with van der Waals surface area (Å²) in [6.07, 6.45) is 5.57. The Morgan fingerprint density at radius 3 is 3.36 bits per heavy atom. The Labute approximate surface area is 88.5 Å². The maximum atomic E-state index is 5.53. The van der Waals surface area contributed by atoms with Gasteiger partial charge in [0.05, 0.1) is 6.61 Å². The maximum absolute atomic E-state index is 5.53. The summed E-state index contributed by atoms with van der Waals surface area (Å²) < 4.78 is 5.53. The molecule has 78 valence electrons. The van der Waals surface area contributed by atoms with Crippen LogP contribution in [0.15, 0.2) is 11.6 Å². The van der Waals surface area contributed by atoms with Crippen molar-refractivity contribution in [2.75, 3.05) is 19.7 Å². The van der Waals surface area contributed by atoms with E-state index in [-0.39, 0.29) is 0 Å². The van der Waals surface area contributed by atoms with Gasteiger partial charge >= 0.3 is 0 Å². The monoisotopic (exact) mass is 212 g/mol. The van der Waals surface area contributed by atoms with Crippen molar-refractivity contribution >= 4 is 11.3 Å². The highest BCUT2D eigenvalue weighted by Gasteiger charge is 2.12. The van der Waals surface area contributed by atoms with Crippen molar-refractivity contribution in [1.82, 2.24) is 10.3 Å². The Balaban J connectivity index is 1.62. The van der Waals surface area contributed by atoms with Crippen molar-refractivity contribution in [1.29, 1.82) is 0 Å². The van der Waals surface area contributed by atoms with E-state index in [1.54, 1.807) is 17.5 Å². The summed E-state index contributed by atoms with van der Waals surface area (Å²) >= 11 is 1.56. The minimum Gasteiger partial charge on any atom is -0.470 e. The van der Waals surface area contributed by atoms with Crippen LogP contribution >= 0.6 is 11.3 Å². The van der Waals surface area contributed by atoms with E-state index < -0.39 is 0 Å². The summed E-state index contributed by atoms with van der Waals surface area (Å²) in [5.41, 5.74) is 0. The van der Waals surface area contributed by atoms with Crippen LogP contribution in [0.4, 0.5) is 0 Å². The minimum absolute atomic E-state index is 0.795. The Bertz CT molecular complexity index is 245. The van der Waals surface area contributed by atoms with Gasteiger partial charge in [0.25, 0.3) is 5.19 Å². The fraction of sp³-hybridized carbons (Fsp3) is 0.700. The molecule has 1 atom stereocenters. The van der Waals surface area contributed by atoms with Gasteiger partial charge in [0.1, 0.15) is 0 Å². The van der Waals surface area contributed by atoms with Gasteiger partial charge in [-0.05, 0) is 38.3 Å². The summed E-state index contributed by atoms with van der Waals surface area (Å²) in [4.78, 5) is 4.08. The predicted molar refractivity (Wildman–Crippen MR) is 57.8 cm³/mol. The first-order valence-electron chi connectivity index (χ1n) is 5.18. The number of rotatable bonds is 4. The fourth-order valence-electron chi connectivity index (χ4n) is 1.76. The van der Waals surface area contributed by atoms with Crippen LogP contribution in [0.1, 0.15) is 19.3 Å². The van der Waals surface area contributed by atoms with Crippen LogP contribution in [0.5, 0.6) is 5.19 Å². The molecule has 2 heterocycles. The standard InChI is InChI=1S/C10H16N2OS/c1-2-9(8-11-4-1)3-6-13-10-12-5-7-14-10/h5,7,9,11H,1-4,6,8H2. The van der Waals surface area contributed by atoms with E-state index in [9.17, 15) is 0 Å². The van der Waals surface area contributed by atoms with E-state index in [2.05, 4.69) is 10.3 Å². The van der Waals surface area contributed by atoms with E-state index in [1.807, 2.05) is 5.38 Å². The third-order valence-electron chi connectivity index (χ3n) is 2.56. The van der Waals surface area contributed by atoms with Crippen molar-refractivity contribution < 1.29 is 4.74 Å². The molecule has 1 aromatic heterocycles. The molecule has 1 N–H and O–H groups in total. The van der Waals surface area contributed by atoms with E-state index in [1.165, 1.54) is 19.4 Å². The number of nitrogens with zero attached hydrogens (tertiary/aromatic N) is 1. The van der Waals surface area contributed by atoms with Gasteiger partial charge in [-0.25, -0.2) is 4.98 Å². The minimum atomic E-state index is 0.795. The summed E-state index contributed by atoms with van der Waals surface area (Å²) in [7, 11) is 0. The molecule has 1 aromatic rings. The van der Waals surface area contributed by atoms with Gasteiger partial charge in [0.15, 0.2) is 0 Å². The van der Waals surface area contributed by atoms with Gasteiger partial charge in [-0.2, -0.15) is 0 Å². The number of aromatic nitrogens is 1. The Morgan fingerprint density at radius 2 is 2.64 bits per heavy atom. The molecule has 1 saturated heterocycles. The first kappa shape index (κ1) is 9.93. The van der Waals surface area contributed by atoms with Gasteiger partial charge in [0, 0.05) is 11.6 Å². The van der Waals surface area contributed by atoms with E-state index in [0.717, 1.165) is 30.7 Å². The van der Waals surface area contributed by atoms with Gasteiger partial charge in [-0.15, -0.1) is 0 Å². The number of nitrogens with one attached hydrogen (secondary N) is 1. The van der Waals surface area contributed by atoms with Crippen molar-refractivity contribution in [2.45, 2.75) is 19.3 Å². The molecule has 0 spiro atoms. The van der Waals surface area contributed by atoms with Crippen molar-refractivity contribution in [3.8, 4) is 5.19 Å². The lowest BCUT2D eigenvalue weighted by Gasteiger charge is -2.22. The molecule has 1 aliphatic rings. The second kappa shape index (κ2) is 5.32. The third-order valence-corrected chi connectivity index (χ3v) is 3.24. The first-order chi connectivity index (χ1) is 6.95. The molecule has 0 saturated carbocycles. The molecule has 2 rings (SSSR count). The molecule has 0 amide bonds. The number of thiazole rings is 1. The van der Waals surface area contributed by atoms with Gasteiger partial charge in [-0.3, -0.25) is 0 Å². The molecule has 4 heteroatoms. The Hall–Kier alpha value is -0.610. The fourth-order valence-corrected chi connectivity index (χ4v) is 2.28. The topological polar surface area (TPSA) is 34.1 Å². The molecule has 3 nitrogen and oxygen atoms in total. The highest BCUT2D eigenvalue weighted by Crippen LogP contribution is 2.17. The Morgan fingerprint density at radius 1 is 1.64 bits per heavy atom. The summed E-state index contributed by atoms with van der Waals surface area (Å²) in [5, 5.41) is 6.15. The third kappa shape index (κ3) is 2.96. The number of hydrogen-bond acceptors (Lipinski definition) is 4. The molecule has 1 fully saturated rings. The molecule has 1 unspecified atom stereocenters. The van der Waals surface area contributed by atoms with Gasteiger partial charge < -0.3 is 10.1 Å². The zero-order chi connectivity index (χ0) is 9.64. The maximum Gasteiger partial charge on any atom is 0.273 e. The largest absolute Gasteiger partial charge is 0.470 e.